The van der Waals surface area contributed by atoms with Gasteiger partial charge in [0.2, 0.25) is 5.91 Å². The van der Waals surface area contributed by atoms with Crippen LogP contribution in [0.3, 0.4) is 0 Å². The van der Waals surface area contributed by atoms with Gasteiger partial charge in [-0.05, 0) is 30.3 Å². The lowest BCUT2D eigenvalue weighted by molar-refractivity contribution is -0.117. The Morgan fingerprint density at radius 2 is 1.96 bits per heavy atom. The first kappa shape index (κ1) is 14.9. The predicted octanol–water partition coefficient (Wildman–Crippen LogP) is 3.91. The van der Waals surface area contributed by atoms with Crippen molar-refractivity contribution in [2.45, 2.75) is 12.3 Å². The van der Waals surface area contributed by atoms with Crippen molar-refractivity contribution in [1.29, 1.82) is 0 Å². The van der Waals surface area contributed by atoms with Crippen LogP contribution in [0.5, 0.6) is 0 Å². The molecular formula is C18H14ClN3O2. The monoisotopic (exact) mass is 339 g/mol. The molecule has 120 valence electrons. The Balaban J connectivity index is 1.56. The Kier molecular flexibility index (Phi) is 3.78. The maximum Gasteiger partial charge on any atom is 0.257 e. The third kappa shape index (κ3) is 2.78. The molecule has 0 N–H and O–H groups in total. The molecule has 0 spiro atoms. The van der Waals surface area contributed by atoms with Gasteiger partial charge in [0.05, 0.1) is 0 Å². The standard InChI is InChI=1S/C18H14ClN3O2/c19-14-7-4-8-15(10-14)22-11-13(9-16(22)23)17-20-18(24-21-17)12-5-2-1-3-6-12/h1-8,10,13H,9,11H2. The predicted molar refractivity (Wildman–Crippen MR) is 90.9 cm³/mol. The van der Waals surface area contributed by atoms with E-state index in [1.165, 1.54) is 0 Å². The van der Waals surface area contributed by atoms with Crippen molar-refractivity contribution >= 4 is 23.2 Å². The van der Waals surface area contributed by atoms with Gasteiger partial charge >= 0.3 is 0 Å². The highest BCUT2D eigenvalue weighted by Gasteiger charge is 2.34. The number of rotatable bonds is 3. The Labute approximate surface area is 143 Å². The van der Waals surface area contributed by atoms with E-state index >= 15 is 0 Å². The van der Waals surface area contributed by atoms with Crippen molar-refractivity contribution in [1.82, 2.24) is 10.1 Å². The van der Waals surface area contributed by atoms with Gasteiger partial charge in [0.1, 0.15) is 0 Å². The molecule has 1 aliphatic rings. The molecule has 0 radical (unpaired) electrons. The highest BCUT2D eigenvalue weighted by molar-refractivity contribution is 6.30. The first-order valence-corrected chi connectivity index (χ1v) is 8.03. The molecule has 4 rings (SSSR count). The van der Waals surface area contributed by atoms with Crippen molar-refractivity contribution in [2.24, 2.45) is 0 Å². The molecule has 0 bridgehead atoms. The van der Waals surface area contributed by atoms with Gasteiger partial charge in [-0.3, -0.25) is 4.79 Å². The second-order valence-corrected chi connectivity index (χ2v) is 6.15. The summed E-state index contributed by atoms with van der Waals surface area (Å²) in [5.41, 5.74) is 1.66. The Hall–Kier alpha value is -2.66. The molecule has 0 aliphatic carbocycles. The van der Waals surface area contributed by atoms with Gasteiger partial charge in [0.25, 0.3) is 5.89 Å². The van der Waals surface area contributed by atoms with Crippen molar-refractivity contribution in [3.8, 4) is 11.5 Å². The van der Waals surface area contributed by atoms with Crippen LogP contribution in [-0.2, 0) is 4.79 Å². The average Bonchev–Trinajstić information content (AvgIpc) is 3.22. The average molecular weight is 340 g/mol. The van der Waals surface area contributed by atoms with E-state index in [2.05, 4.69) is 10.1 Å². The molecule has 1 fully saturated rings. The van der Waals surface area contributed by atoms with Gasteiger partial charge in [-0.15, -0.1) is 0 Å². The fraction of sp³-hybridized carbons (Fsp3) is 0.167. The van der Waals surface area contributed by atoms with Crippen LogP contribution < -0.4 is 4.90 Å². The molecule has 5 nitrogen and oxygen atoms in total. The summed E-state index contributed by atoms with van der Waals surface area (Å²) in [5.74, 6) is 0.983. The molecule has 1 aliphatic heterocycles. The minimum atomic E-state index is -0.0855. The number of hydrogen-bond acceptors (Lipinski definition) is 4. The zero-order chi connectivity index (χ0) is 16.5. The van der Waals surface area contributed by atoms with Crippen LogP contribution in [0.2, 0.25) is 5.02 Å². The number of carbonyl (C=O) groups excluding carboxylic acids is 1. The van der Waals surface area contributed by atoms with E-state index in [1.807, 2.05) is 42.5 Å². The van der Waals surface area contributed by atoms with E-state index in [4.69, 9.17) is 16.1 Å². The largest absolute Gasteiger partial charge is 0.334 e. The molecule has 1 atom stereocenters. The van der Waals surface area contributed by atoms with Gasteiger partial charge < -0.3 is 9.42 Å². The van der Waals surface area contributed by atoms with E-state index in [0.717, 1.165) is 11.3 Å². The third-order valence-electron chi connectivity index (χ3n) is 4.07. The van der Waals surface area contributed by atoms with E-state index < -0.39 is 0 Å². The second-order valence-electron chi connectivity index (χ2n) is 5.71. The number of benzene rings is 2. The number of nitrogens with zero attached hydrogens (tertiary/aromatic N) is 3. The van der Waals surface area contributed by atoms with E-state index in [0.29, 0.717) is 29.7 Å². The van der Waals surface area contributed by atoms with Crippen molar-refractivity contribution < 1.29 is 9.32 Å². The number of hydrogen-bond donors (Lipinski definition) is 0. The zero-order valence-electron chi connectivity index (χ0n) is 12.7. The normalized spacial score (nSPS) is 17.5. The topological polar surface area (TPSA) is 59.2 Å². The molecule has 1 saturated heterocycles. The fourth-order valence-electron chi connectivity index (χ4n) is 2.87. The summed E-state index contributed by atoms with van der Waals surface area (Å²) in [6, 6.07) is 16.9. The van der Waals surface area contributed by atoms with Crippen molar-refractivity contribution in [3.05, 3.63) is 65.4 Å². The molecular weight excluding hydrogens is 326 g/mol. The van der Waals surface area contributed by atoms with E-state index in [9.17, 15) is 4.79 Å². The number of anilines is 1. The van der Waals surface area contributed by atoms with E-state index in [1.54, 1.807) is 17.0 Å². The van der Waals surface area contributed by atoms with Crippen molar-refractivity contribution in [2.75, 3.05) is 11.4 Å². The molecule has 2 aromatic carbocycles. The lowest BCUT2D eigenvalue weighted by atomic mass is 10.1. The molecule has 0 saturated carbocycles. The summed E-state index contributed by atoms with van der Waals surface area (Å²) < 4.78 is 5.35. The van der Waals surface area contributed by atoms with Crippen LogP contribution in [0.15, 0.2) is 59.1 Å². The van der Waals surface area contributed by atoms with Gasteiger partial charge in [-0.2, -0.15) is 4.98 Å². The Bertz CT molecular complexity index is 879. The smallest absolute Gasteiger partial charge is 0.257 e. The first-order valence-electron chi connectivity index (χ1n) is 7.65. The van der Waals surface area contributed by atoms with Crippen LogP contribution >= 0.6 is 11.6 Å². The van der Waals surface area contributed by atoms with Crippen molar-refractivity contribution in [3.63, 3.8) is 0 Å². The summed E-state index contributed by atoms with van der Waals surface area (Å²) in [6.45, 7) is 0.521. The number of halogens is 1. The van der Waals surface area contributed by atoms with Crippen LogP contribution in [-0.4, -0.2) is 22.6 Å². The molecule has 3 aromatic rings. The van der Waals surface area contributed by atoms with Gasteiger partial charge in [-0.25, -0.2) is 0 Å². The maximum atomic E-state index is 12.3. The summed E-state index contributed by atoms with van der Waals surface area (Å²) >= 11 is 6.02. The number of carbonyl (C=O) groups is 1. The molecule has 2 heterocycles. The number of amides is 1. The van der Waals surface area contributed by atoms with Crippen LogP contribution in [0.1, 0.15) is 18.2 Å². The van der Waals surface area contributed by atoms with Gasteiger partial charge in [-0.1, -0.05) is 41.0 Å². The second kappa shape index (κ2) is 6.09. The Morgan fingerprint density at radius 3 is 2.75 bits per heavy atom. The minimum Gasteiger partial charge on any atom is -0.334 e. The first-order chi connectivity index (χ1) is 11.7. The van der Waals surface area contributed by atoms with Crippen LogP contribution in [0.4, 0.5) is 5.69 Å². The Morgan fingerprint density at radius 1 is 1.12 bits per heavy atom. The van der Waals surface area contributed by atoms with Gasteiger partial charge in [0, 0.05) is 35.2 Å². The molecule has 6 heteroatoms. The van der Waals surface area contributed by atoms with Crippen LogP contribution in [0, 0.1) is 0 Å². The fourth-order valence-corrected chi connectivity index (χ4v) is 3.06. The van der Waals surface area contributed by atoms with E-state index in [-0.39, 0.29) is 11.8 Å². The summed E-state index contributed by atoms with van der Waals surface area (Å²) in [7, 11) is 0. The molecule has 1 amide bonds. The quantitative estimate of drug-likeness (QED) is 0.726. The van der Waals surface area contributed by atoms with Gasteiger partial charge in [0.15, 0.2) is 5.82 Å². The highest BCUT2D eigenvalue weighted by atomic mass is 35.5. The third-order valence-corrected chi connectivity index (χ3v) is 4.31. The lowest BCUT2D eigenvalue weighted by Gasteiger charge is -2.16. The minimum absolute atomic E-state index is 0.0355. The summed E-state index contributed by atoms with van der Waals surface area (Å²) in [5, 5.41) is 4.67. The number of aromatic nitrogens is 2. The van der Waals surface area contributed by atoms with Crippen LogP contribution in [0.25, 0.3) is 11.5 Å². The summed E-state index contributed by atoms with van der Waals surface area (Å²) in [6.07, 6.45) is 0.361. The maximum absolute atomic E-state index is 12.3. The SMILES string of the molecule is O=C1CC(c2noc(-c3ccccc3)n2)CN1c1cccc(Cl)c1. The highest BCUT2D eigenvalue weighted by Crippen LogP contribution is 2.32. The zero-order valence-corrected chi connectivity index (χ0v) is 13.5. The summed E-state index contributed by atoms with van der Waals surface area (Å²) in [4.78, 5) is 18.5. The molecule has 1 unspecified atom stereocenters. The molecule has 24 heavy (non-hydrogen) atoms. The lowest BCUT2D eigenvalue weighted by Crippen LogP contribution is -2.24. The molecule has 1 aromatic heterocycles.